The van der Waals surface area contributed by atoms with Gasteiger partial charge in [-0.2, -0.15) is 0 Å². The molecule has 1 aromatic rings. The molecular weight excluding hydrogens is 168 g/mol. The van der Waals surface area contributed by atoms with Crippen molar-refractivity contribution in [2.45, 2.75) is 13.0 Å². The molecule has 74 valence electrons. The first-order valence-electron chi connectivity index (χ1n) is 3.96. The number of hydrogen-bond donors (Lipinski definition) is 4. The molecule has 0 saturated carbocycles. The van der Waals surface area contributed by atoms with Gasteiger partial charge in [0.2, 0.25) is 0 Å². The Morgan fingerprint density at radius 2 is 1.38 bits per heavy atom. The van der Waals surface area contributed by atoms with Crippen LogP contribution in [0.1, 0.15) is 6.92 Å². The fourth-order valence-electron chi connectivity index (χ4n) is 0.496. The molecule has 0 radical (unpaired) electrons. The summed E-state index contributed by atoms with van der Waals surface area (Å²) in [4.78, 5) is 0. The molecule has 0 aliphatic carbocycles. The van der Waals surface area contributed by atoms with E-state index in [-0.39, 0.29) is 6.61 Å². The monoisotopic (exact) mass is 184 g/mol. The summed E-state index contributed by atoms with van der Waals surface area (Å²) < 4.78 is 0. The van der Waals surface area contributed by atoms with Crippen LogP contribution in [0.2, 0.25) is 0 Å². The van der Waals surface area contributed by atoms with Gasteiger partial charge in [-0.25, -0.2) is 0 Å². The summed E-state index contributed by atoms with van der Waals surface area (Å²) in [5.74, 6) is 0. The van der Waals surface area contributed by atoms with Gasteiger partial charge in [0.25, 0.3) is 0 Å². The maximum atomic E-state index is 8.11. The lowest BCUT2D eigenvalue weighted by molar-refractivity contribution is 0.110. The van der Waals surface area contributed by atoms with Crippen molar-refractivity contribution >= 4 is 11.4 Å². The van der Waals surface area contributed by atoms with Crippen molar-refractivity contribution in [3.63, 3.8) is 0 Å². The Balaban J connectivity index is 0.000000252. The van der Waals surface area contributed by atoms with E-state index in [0.717, 1.165) is 11.4 Å². The lowest BCUT2D eigenvalue weighted by atomic mass is 10.3. The molecule has 0 amide bonds. The quantitative estimate of drug-likeness (QED) is 0.469. The molecule has 0 saturated heterocycles. The molecule has 0 spiro atoms. The van der Waals surface area contributed by atoms with Gasteiger partial charge >= 0.3 is 0 Å². The average Bonchev–Trinajstić information content (AvgIpc) is 2.11. The number of hydrogen-bond acceptors (Lipinski definition) is 4. The molecule has 6 N–H and O–H groups in total. The van der Waals surface area contributed by atoms with Crippen LogP contribution in [0.15, 0.2) is 24.3 Å². The van der Waals surface area contributed by atoms with Crippen LogP contribution in [-0.2, 0) is 0 Å². The predicted octanol–water partition coefficient (Wildman–Crippen LogP) is 0.210. The van der Waals surface area contributed by atoms with E-state index in [4.69, 9.17) is 21.7 Å². The number of aliphatic hydroxyl groups is 2. The van der Waals surface area contributed by atoms with Gasteiger partial charge in [0.05, 0.1) is 12.7 Å². The minimum absolute atomic E-state index is 0.139. The van der Waals surface area contributed by atoms with Crippen LogP contribution in [0.4, 0.5) is 11.4 Å². The highest BCUT2D eigenvalue weighted by molar-refractivity contribution is 5.47. The van der Waals surface area contributed by atoms with Crippen LogP contribution in [0.25, 0.3) is 0 Å². The summed E-state index contributed by atoms with van der Waals surface area (Å²) in [6.07, 6.45) is -0.560. The number of anilines is 2. The topological polar surface area (TPSA) is 92.5 Å². The first kappa shape index (κ1) is 11.7. The standard InChI is InChI=1S/C6H8N2.C3H8O2/c7-5-1-2-6(8)4-3-5;1-3(5)2-4/h1-4H,7-8H2;3-5H,2H2,1H3. The smallest absolute Gasteiger partial charge is 0.0742 e. The van der Waals surface area contributed by atoms with Crippen molar-refractivity contribution in [1.29, 1.82) is 0 Å². The predicted molar refractivity (Wildman–Crippen MR) is 54.0 cm³/mol. The lowest BCUT2D eigenvalue weighted by Crippen LogP contribution is -2.03. The Labute approximate surface area is 77.8 Å². The van der Waals surface area contributed by atoms with Gasteiger partial charge in [0.1, 0.15) is 0 Å². The van der Waals surface area contributed by atoms with Crippen LogP contribution in [-0.4, -0.2) is 22.9 Å². The van der Waals surface area contributed by atoms with Crippen LogP contribution >= 0.6 is 0 Å². The van der Waals surface area contributed by atoms with Gasteiger partial charge in [-0.1, -0.05) is 0 Å². The van der Waals surface area contributed by atoms with E-state index in [0.29, 0.717) is 0 Å². The molecule has 4 heteroatoms. The van der Waals surface area contributed by atoms with Gasteiger partial charge < -0.3 is 21.7 Å². The largest absolute Gasteiger partial charge is 0.399 e. The third-order valence-corrected chi connectivity index (χ3v) is 1.20. The molecular formula is C9H16N2O2. The van der Waals surface area contributed by atoms with Crippen molar-refractivity contribution in [2.75, 3.05) is 18.1 Å². The van der Waals surface area contributed by atoms with E-state index in [1.165, 1.54) is 6.92 Å². The molecule has 0 aliphatic rings. The normalized spacial score (nSPS) is 11.3. The minimum atomic E-state index is -0.560. The Morgan fingerprint density at radius 1 is 1.15 bits per heavy atom. The van der Waals surface area contributed by atoms with E-state index in [1.54, 1.807) is 24.3 Å². The minimum Gasteiger partial charge on any atom is -0.399 e. The number of aliphatic hydroxyl groups excluding tert-OH is 2. The highest BCUT2D eigenvalue weighted by atomic mass is 16.3. The summed E-state index contributed by atoms with van der Waals surface area (Å²) in [6, 6.07) is 7.09. The second-order valence-electron chi connectivity index (χ2n) is 2.70. The summed E-state index contributed by atoms with van der Waals surface area (Å²) in [5, 5.41) is 16.0. The first-order chi connectivity index (χ1) is 6.06. The number of nitrogen functional groups attached to an aromatic ring is 2. The Bertz CT molecular complexity index is 201. The molecule has 13 heavy (non-hydrogen) atoms. The highest BCUT2D eigenvalue weighted by Gasteiger charge is 1.83. The Hall–Kier alpha value is -1.26. The SMILES string of the molecule is CC(O)CO.Nc1ccc(N)cc1. The van der Waals surface area contributed by atoms with E-state index in [2.05, 4.69) is 0 Å². The number of rotatable bonds is 1. The summed E-state index contributed by atoms with van der Waals surface area (Å²) in [7, 11) is 0. The molecule has 0 heterocycles. The van der Waals surface area contributed by atoms with Crippen LogP contribution in [0, 0.1) is 0 Å². The zero-order valence-corrected chi connectivity index (χ0v) is 7.64. The fraction of sp³-hybridized carbons (Fsp3) is 0.333. The Kier molecular flexibility index (Phi) is 5.67. The third-order valence-electron chi connectivity index (χ3n) is 1.20. The maximum absolute atomic E-state index is 8.11. The lowest BCUT2D eigenvalue weighted by Gasteiger charge is -1.90. The van der Waals surface area contributed by atoms with Crippen molar-refractivity contribution < 1.29 is 10.2 Å². The van der Waals surface area contributed by atoms with Crippen molar-refractivity contribution in [3.8, 4) is 0 Å². The molecule has 1 aromatic carbocycles. The van der Waals surface area contributed by atoms with Gasteiger partial charge in [-0.3, -0.25) is 0 Å². The zero-order valence-electron chi connectivity index (χ0n) is 7.64. The second-order valence-corrected chi connectivity index (χ2v) is 2.70. The molecule has 1 atom stereocenters. The van der Waals surface area contributed by atoms with Gasteiger partial charge in [0, 0.05) is 11.4 Å². The van der Waals surface area contributed by atoms with Crippen LogP contribution < -0.4 is 11.5 Å². The first-order valence-corrected chi connectivity index (χ1v) is 3.96. The van der Waals surface area contributed by atoms with E-state index in [9.17, 15) is 0 Å². The van der Waals surface area contributed by atoms with Crippen LogP contribution in [0.3, 0.4) is 0 Å². The fourth-order valence-corrected chi connectivity index (χ4v) is 0.496. The maximum Gasteiger partial charge on any atom is 0.0742 e. The molecule has 1 rings (SSSR count). The molecule has 0 fully saturated rings. The molecule has 4 nitrogen and oxygen atoms in total. The third kappa shape index (κ3) is 7.11. The summed E-state index contributed by atoms with van der Waals surface area (Å²) in [5.41, 5.74) is 12.2. The Morgan fingerprint density at radius 3 is 1.54 bits per heavy atom. The number of benzene rings is 1. The van der Waals surface area contributed by atoms with E-state index in [1.807, 2.05) is 0 Å². The van der Waals surface area contributed by atoms with E-state index < -0.39 is 6.10 Å². The van der Waals surface area contributed by atoms with Gasteiger partial charge in [-0.05, 0) is 31.2 Å². The van der Waals surface area contributed by atoms with Crippen molar-refractivity contribution in [3.05, 3.63) is 24.3 Å². The van der Waals surface area contributed by atoms with Crippen molar-refractivity contribution in [1.82, 2.24) is 0 Å². The molecule has 1 unspecified atom stereocenters. The van der Waals surface area contributed by atoms with Gasteiger partial charge in [0.15, 0.2) is 0 Å². The number of nitrogens with two attached hydrogens (primary N) is 2. The zero-order chi connectivity index (χ0) is 10.3. The highest BCUT2D eigenvalue weighted by Crippen LogP contribution is 2.04. The average molecular weight is 184 g/mol. The van der Waals surface area contributed by atoms with Crippen molar-refractivity contribution in [2.24, 2.45) is 0 Å². The summed E-state index contributed by atoms with van der Waals surface area (Å²) >= 11 is 0. The summed E-state index contributed by atoms with van der Waals surface area (Å²) in [6.45, 7) is 1.39. The molecule has 0 bridgehead atoms. The van der Waals surface area contributed by atoms with Crippen LogP contribution in [0.5, 0.6) is 0 Å². The van der Waals surface area contributed by atoms with Gasteiger partial charge in [-0.15, -0.1) is 0 Å². The second kappa shape index (κ2) is 6.28. The van der Waals surface area contributed by atoms with E-state index >= 15 is 0 Å². The molecule has 0 aliphatic heterocycles. The molecule has 0 aromatic heterocycles.